The average molecular weight is 270 g/mol. The third-order valence-electron chi connectivity index (χ3n) is 3.63. The Labute approximate surface area is 114 Å². The van der Waals surface area contributed by atoms with Gasteiger partial charge in [-0.2, -0.15) is 0 Å². The van der Waals surface area contributed by atoms with Crippen molar-refractivity contribution in [1.29, 1.82) is 0 Å². The van der Waals surface area contributed by atoms with Gasteiger partial charge in [0.2, 0.25) is 0 Å². The molecule has 0 spiro atoms. The molecule has 98 valence electrons. The van der Waals surface area contributed by atoms with Crippen molar-refractivity contribution in [3.05, 3.63) is 59.7 Å². The predicted molar refractivity (Wildman–Crippen MR) is 80.9 cm³/mol. The SMILES string of the molecule is C[Si](C)(c1ccc(C=O)cc1)c1ccccc1CO. The standard InChI is InChI=1S/C16H18O2Si/c1-19(2,15-9-7-13(11-17)8-10-15)16-6-4-3-5-14(16)12-18/h3-11,18H,12H2,1-2H3. The summed E-state index contributed by atoms with van der Waals surface area (Å²) in [6, 6.07) is 15.8. The summed E-state index contributed by atoms with van der Waals surface area (Å²) >= 11 is 0. The van der Waals surface area contributed by atoms with Crippen molar-refractivity contribution in [2.45, 2.75) is 19.7 Å². The van der Waals surface area contributed by atoms with Crippen molar-refractivity contribution in [2.75, 3.05) is 0 Å². The van der Waals surface area contributed by atoms with Crippen LogP contribution in [-0.2, 0) is 6.61 Å². The molecule has 0 amide bonds. The normalized spacial score (nSPS) is 11.3. The Balaban J connectivity index is 2.48. The molecule has 2 aromatic rings. The Morgan fingerprint density at radius 2 is 1.68 bits per heavy atom. The fourth-order valence-corrected chi connectivity index (χ4v) is 5.19. The highest BCUT2D eigenvalue weighted by Crippen LogP contribution is 2.09. The van der Waals surface area contributed by atoms with E-state index in [1.54, 1.807) is 0 Å². The molecule has 0 saturated carbocycles. The number of aliphatic hydroxyl groups excluding tert-OH is 1. The minimum Gasteiger partial charge on any atom is -0.392 e. The first-order valence-corrected chi connectivity index (χ1v) is 9.34. The van der Waals surface area contributed by atoms with Crippen molar-refractivity contribution in [1.82, 2.24) is 0 Å². The Kier molecular flexibility index (Phi) is 3.98. The summed E-state index contributed by atoms with van der Waals surface area (Å²) in [5, 5.41) is 12.0. The lowest BCUT2D eigenvalue weighted by molar-refractivity contribution is 0.112. The summed E-state index contributed by atoms with van der Waals surface area (Å²) in [7, 11) is -1.83. The number of carbonyl (C=O) groups is 1. The largest absolute Gasteiger partial charge is 0.392 e. The number of hydrogen-bond acceptors (Lipinski definition) is 2. The molecule has 2 nitrogen and oxygen atoms in total. The van der Waals surface area contributed by atoms with Gasteiger partial charge in [0.25, 0.3) is 0 Å². The highest BCUT2D eigenvalue weighted by atomic mass is 28.3. The molecule has 0 aliphatic carbocycles. The van der Waals surface area contributed by atoms with Crippen molar-refractivity contribution in [3.8, 4) is 0 Å². The molecule has 0 heterocycles. The Morgan fingerprint density at radius 3 is 2.26 bits per heavy atom. The summed E-state index contributed by atoms with van der Waals surface area (Å²) in [6.45, 7) is 4.59. The molecular formula is C16H18O2Si. The van der Waals surface area contributed by atoms with Crippen LogP contribution in [0.1, 0.15) is 15.9 Å². The highest BCUT2D eigenvalue weighted by Gasteiger charge is 2.27. The molecular weight excluding hydrogens is 252 g/mol. The van der Waals surface area contributed by atoms with E-state index < -0.39 is 8.07 Å². The van der Waals surface area contributed by atoms with Gasteiger partial charge in [-0.25, -0.2) is 0 Å². The van der Waals surface area contributed by atoms with E-state index in [2.05, 4.69) is 19.2 Å². The number of rotatable bonds is 4. The van der Waals surface area contributed by atoms with E-state index in [0.29, 0.717) is 5.56 Å². The van der Waals surface area contributed by atoms with Gasteiger partial charge in [-0.15, -0.1) is 0 Å². The van der Waals surface area contributed by atoms with E-state index in [0.717, 1.165) is 11.8 Å². The van der Waals surface area contributed by atoms with Crippen LogP contribution in [0.5, 0.6) is 0 Å². The number of hydrogen-bond donors (Lipinski definition) is 1. The third kappa shape index (κ3) is 2.67. The predicted octanol–water partition coefficient (Wildman–Crippen LogP) is 1.81. The number of aldehydes is 1. The van der Waals surface area contributed by atoms with Crippen LogP contribution >= 0.6 is 0 Å². The number of benzene rings is 2. The maximum absolute atomic E-state index is 10.7. The molecule has 0 aromatic heterocycles. The second kappa shape index (κ2) is 5.51. The first kappa shape index (κ1) is 13.7. The van der Waals surface area contributed by atoms with Crippen LogP contribution in [0.3, 0.4) is 0 Å². The van der Waals surface area contributed by atoms with Crippen LogP contribution in [0.2, 0.25) is 13.1 Å². The molecule has 0 unspecified atom stereocenters. The van der Waals surface area contributed by atoms with Gasteiger partial charge in [0, 0.05) is 5.56 Å². The molecule has 3 heteroatoms. The first-order chi connectivity index (χ1) is 9.09. The average Bonchev–Trinajstić information content (AvgIpc) is 2.47. The quantitative estimate of drug-likeness (QED) is 0.679. The van der Waals surface area contributed by atoms with E-state index in [9.17, 15) is 9.90 Å². The van der Waals surface area contributed by atoms with Gasteiger partial charge >= 0.3 is 0 Å². The minimum atomic E-state index is -1.83. The lowest BCUT2D eigenvalue weighted by Gasteiger charge is -2.26. The summed E-state index contributed by atoms with van der Waals surface area (Å²) in [5.41, 5.74) is 1.70. The second-order valence-electron chi connectivity index (χ2n) is 5.18. The molecule has 2 aromatic carbocycles. The Morgan fingerprint density at radius 1 is 1.05 bits per heavy atom. The second-order valence-corrected chi connectivity index (χ2v) is 9.55. The lowest BCUT2D eigenvalue weighted by Crippen LogP contribution is -2.54. The summed E-state index contributed by atoms with van der Waals surface area (Å²) < 4.78 is 0. The number of carbonyl (C=O) groups excluding carboxylic acids is 1. The van der Waals surface area contributed by atoms with Crippen molar-refractivity contribution >= 4 is 24.7 Å². The van der Waals surface area contributed by atoms with Crippen molar-refractivity contribution in [3.63, 3.8) is 0 Å². The van der Waals surface area contributed by atoms with Crippen LogP contribution < -0.4 is 10.4 Å². The third-order valence-corrected chi connectivity index (χ3v) is 7.24. The molecule has 0 atom stereocenters. The van der Waals surface area contributed by atoms with E-state index in [-0.39, 0.29) is 6.61 Å². The van der Waals surface area contributed by atoms with Gasteiger partial charge in [-0.3, -0.25) is 4.79 Å². The van der Waals surface area contributed by atoms with Gasteiger partial charge in [0.1, 0.15) is 14.4 Å². The monoisotopic (exact) mass is 270 g/mol. The van der Waals surface area contributed by atoms with Crippen molar-refractivity contribution < 1.29 is 9.90 Å². The first-order valence-electron chi connectivity index (χ1n) is 6.34. The van der Waals surface area contributed by atoms with Gasteiger partial charge in [0.15, 0.2) is 0 Å². The molecule has 1 N–H and O–H groups in total. The molecule has 0 bridgehead atoms. The number of aliphatic hydroxyl groups is 1. The van der Waals surface area contributed by atoms with Crippen LogP contribution in [0, 0.1) is 0 Å². The van der Waals surface area contributed by atoms with Crippen molar-refractivity contribution in [2.24, 2.45) is 0 Å². The molecule has 2 rings (SSSR count). The zero-order valence-corrected chi connectivity index (χ0v) is 12.3. The van der Waals surface area contributed by atoms with E-state index in [4.69, 9.17) is 0 Å². The summed E-state index contributed by atoms with van der Waals surface area (Å²) in [6.07, 6.45) is 0.861. The van der Waals surface area contributed by atoms with Gasteiger partial charge in [-0.05, 0) is 10.8 Å². The molecule has 0 aliphatic rings. The highest BCUT2D eigenvalue weighted by molar-refractivity contribution is 7.00. The maximum atomic E-state index is 10.7. The fourth-order valence-electron chi connectivity index (χ4n) is 2.40. The van der Waals surface area contributed by atoms with Crippen LogP contribution in [0.15, 0.2) is 48.5 Å². The van der Waals surface area contributed by atoms with E-state index in [1.807, 2.05) is 42.5 Å². The smallest absolute Gasteiger partial charge is 0.150 e. The fraction of sp³-hybridized carbons (Fsp3) is 0.188. The van der Waals surface area contributed by atoms with Crippen LogP contribution in [0.25, 0.3) is 0 Å². The van der Waals surface area contributed by atoms with E-state index >= 15 is 0 Å². The van der Waals surface area contributed by atoms with Crippen LogP contribution in [-0.4, -0.2) is 19.5 Å². The van der Waals surface area contributed by atoms with E-state index in [1.165, 1.54) is 10.4 Å². The summed E-state index contributed by atoms with van der Waals surface area (Å²) in [4.78, 5) is 10.7. The zero-order chi connectivity index (χ0) is 13.9. The molecule has 19 heavy (non-hydrogen) atoms. The Bertz CT molecular complexity index is 574. The van der Waals surface area contributed by atoms with Gasteiger partial charge in [0.05, 0.1) is 6.61 Å². The minimum absolute atomic E-state index is 0.0685. The van der Waals surface area contributed by atoms with Crippen LogP contribution in [0.4, 0.5) is 0 Å². The molecule has 0 radical (unpaired) electrons. The topological polar surface area (TPSA) is 37.3 Å². The lowest BCUT2D eigenvalue weighted by atomic mass is 10.2. The molecule has 0 fully saturated rings. The molecule has 0 saturated heterocycles. The van der Waals surface area contributed by atoms with Gasteiger partial charge in [-0.1, -0.05) is 66.8 Å². The molecule has 0 aliphatic heterocycles. The van der Waals surface area contributed by atoms with Gasteiger partial charge < -0.3 is 5.11 Å². The summed E-state index contributed by atoms with van der Waals surface area (Å²) in [5.74, 6) is 0. The Hall–Kier alpha value is -1.71. The zero-order valence-electron chi connectivity index (χ0n) is 11.3. The maximum Gasteiger partial charge on any atom is 0.150 e.